The second kappa shape index (κ2) is 5.80. The molecule has 0 spiro atoms. The third-order valence-corrected chi connectivity index (χ3v) is 2.50. The van der Waals surface area contributed by atoms with E-state index < -0.39 is 5.97 Å². The van der Waals surface area contributed by atoms with Crippen molar-refractivity contribution in [1.82, 2.24) is 0 Å². The van der Waals surface area contributed by atoms with Crippen LogP contribution in [0.25, 0.3) is 0 Å². The largest absolute Gasteiger partial charge is 0.478 e. The highest BCUT2D eigenvalue weighted by Crippen LogP contribution is 2.21. The van der Waals surface area contributed by atoms with E-state index in [4.69, 9.17) is 0 Å². The predicted molar refractivity (Wildman–Crippen MR) is 66.6 cm³/mol. The van der Waals surface area contributed by atoms with Crippen LogP contribution in [0.3, 0.4) is 0 Å². The Labute approximate surface area is 100 Å². The SMILES string of the molecule is C=CCc1ccc(C=O)c(C(=O)O)c1CC=C. The number of allylic oxidation sites excluding steroid dienone is 2. The fourth-order valence-electron chi connectivity index (χ4n) is 1.78. The standard InChI is InChI=1S/C14H14O3/c1-3-5-10-7-8-11(9-15)13(14(16)17)12(10)6-4-2/h3-4,7-9H,1-2,5-6H2,(H,16,17). The maximum absolute atomic E-state index is 11.2. The summed E-state index contributed by atoms with van der Waals surface area (Å²) in [6.07, 6.45) is 4.89. The zero-order chi connectivity index (χ0) is 12.8. The van der Waals surface area contributed by atoms with Gasteiger partial charge < -0.3 is 5.11 Å². The maximum Gasteiger partial charge on any atom is 0.336 e. The molecule has 0 saturated carbocycles. The number of carboxylic acids is 1. The molecule has 0 heterocycles. The van der Waals surface area contributed by atoms with Crippen molar-refractivity contribution in [3.8, 4) is 0 Å². The van der Waals surface area contributed by atoms with Gasteiger partial charge in [0.2, 0.25) is 0 Å². The number of carbonyl (C=O) groups is 2. The Morgan fingerprint density at radius 2 is 1.88 bits per heavy atom. The number of aldehydes is 1. The second-order valence-electron chi connectivity index (χ2n) is 3.58. The highest BCUT2D eigenvalue weighted by Gasteiger charge is 2.17. The van der Waals surface area contributed by atoms with Gasteiger partial charge in [0.05, 0.1) is 5.56 Å². The summed E-state index contributed by atoms with van der Waals surface area (Å²) >= 11 is 0. The van der Waals surface area contributed by atoms with Gasteiger partial charge in [0, 0.05) is 5.56 Å². The highest BCUT2D eigenvalue weighted by atomic mass is 16.4. The molecular formula is C14H14O3. The second-order valence-corrected chi connectivity index (χ2v) is 3.58. The molecule has 0 amide bonds. The molecule has 0 aliphatic heterocycles. The lowest BCUT2D eigenvalue weighted by Crippen LogP contribution is -2.09. The van der Waals surface area contributed by atoms with Gasteiger partial charge in [-0.3, -0.25) is 4.79 Å². The zero-order valence-electron chi connectivity index (χ0n) is 9.48. The average molecular weight is 230 g/mol. The fraction of sp³-hybridized carbons (Fsp3) is 0.143. The Hall–Kier alpha value is -2.16. The Morgan fingerprint density at radius 3 is 2.35 bits per heavy atom. The molecule has 0 aliphatic carbocycles. The number of carbonyl (C=O) groups excluding carboxylic acids is 1. The molecule has 1 N–H and O–H groups in total. The normalized spacial score (nSPS) is 9.65. The van der Waals surface area contributed by atoms with Gasteiger partial charge in [-0.2, -0.15) is 0 Å². The molecular weight excluding hydrogens is 216 g/mol. The molecule has 17 heavy (non-hydrogen) atoms. The van der Waals surface area contributed by atoms with Crippen LogP contribution in [0.1, 0.15) is 31.8 Å². The molecule has 0 saturated heterocycles. The van der Waals surface area contributed by atoms with Crippen LogP contribution in [0.4, 0.5) is 0 Å². The minimum absolute atomic E-state index is 0.0688. The lowest BCUT2D eigenvalue weighted by molar-refractivity contribution is 0.0693. The van der Waals surface area contributed by atoms with Gasteiger partial charge in [-0.15, -0.1) is 13.2 Å². The predicted octanol–water partition coefficient (Wildman–Crippen LogP) is 2.65. The number of carboxylic acid groups (broad SMARTS) is 1. The third kappa shape index (κ3) is 2.69. The van der Waals surface area contributed by atoms with E-state index in [9.17, 15) is 14.7 Å². The quantitative estimate of drug-likeness (QED) is 0.603. The van der Waals surface area contributed by atoms with Crippen LogP contribution in [-0.4, -0.2) is 17.4 Å². The molecule has 0 fully saturated rings. The van der Waals surface area contributed by atoms with E-state index in [0.717, 1.165) is 5.56 Å². The fourth-order valence-corrected chi connectivity index (χ4v) is 1.78. The first kappa shape index (κ1) is 12.9. The lowest BCUT2D eigenvalue weighted by atomic mass is 9.92. The number of rotatable bonds is 6. The number of hydrogen-bond acceptors (Lipinski definition) is 2. The molecule has 0 atom stereocenters. The van der Waals surface area contributed by atoms with E-state index >= 15 is 0 Å². The maximum atomic E-state index is 11.2. The van der Waals surface area contributed by atoms with E-state index in [1.165, 1.54) is 6.07 Å². The van der Waals surface area contributed by atoms with Crippen LogP contribution in [0, 0.1) is 0 Å². The number of hydrogen-bond donors (Lipinski definition) is 1. The minimum Gasteiger partial charge on any atom is -0.478 e. The first-order valence-corrected chi connectivity index (χ1v) is 5.20. The van der Waals surface area contributed by atoms with Gasteiger partial charge in [-0.05, 0) is 24.0 Å². The van der Waals surface area contributed by atoms with E-state index in [2.05, 4.69) is 13.2 Å². The summed E-state index contributed by atoms with van der Waals surface area (Å²) in [7, 11) is 0. The summed E-state index contributed by atoms with van der Waals surface area (Å²) in [5.74, 6) is -1.09. The molecule has 0 radical (unpaired) electrons. The summed E-state index contributed by atoms with van der Waals surface area (Å²) in [6, 6.07) is 3.29. The van der Waals surface area contributed by atoms with Crippen LogP contribution in [0.5, 0.6) is 0 Å². The molecule has 0 aliphatic rings. The Balaban J connectivity index is 3.51. The van der Waals surface area contributed by atoms with E-state index in [1.807, 2.05) is 0 Å². The molecule has 1 aromatic carbocycles. The molecule has 1 aromatic rings. The summed E-state index contributed by atoms with van der Waals surface area (Å²) in [5, 5.41) is 9.18. The first-order chi connectivity index (χ1) is 8.15. The van der Waals surface area contributed by atoms with E-state index in [-0.39, 0.29) is 11.1 Å². The van der Waals surface area contributed by atoms with Crippen molar-refractivity contribution in [3.05, 3.63) is 59.7 Å². The first-order valence-electron chi connectivity index (χ1n) is 5.20. The van der Waals surface area contributed by atoms with Gasteiger partial charge >= 0.3 is 5.97 Å². The molecule has 1 rings (SSSR count). The van der Waals surface area contributed by atoms with Crippen molar-refractivity contribution in [1.29, 1.82) is 0 Å². The van der Waals surface area contributed by atoms with Crippen molar-refractivity contribution in [2.24, 2.45) is 0 Å². The Morgan fingerprint density at radius 1 is 1.24 bits per heavy atom. The Kier molecular flexibility index (Phi) is 4.40. The van der Waals surface area contributed by atoms with Crippen molar-refractivity contribution in [3.63, 3.8) is 0 Å². The van der Waals surface area contributed by atoms with Crippen LogP contribution < -0.4 is 0 Å². The van der Waals surface area contributed by atoms with Crippen molar-refractivity contribution in [2.75, 3.05) is 0 Å². The van der Waals surface area contributed by atoms with Crippen molar-refractivity contribution >= 4 is 12.3 Å². The van der Waals surface area contributed by atoms with E-state index in [0.29, 0.717) is 24.7 Å². The topological polar surface area (TPSA) is 54.4 Å². The minimum atomic E-state index is -1.09. The molecule has 0 unspecified atom stereocenters. The van der Waals surface area contributed by atoms with Gasteiger partial charge in [0.1, 0.15) is 0 Å². The molecule has 0 bridgehead atoms. The van der Waals surface area contributed by atoms with E-state index in [1.54, 1.807) is 18.2 Å². The van der Waals surface area contributed by atoms with Crippen LogP contribution in [0.15, 0.2) is 37.4 Å². The number of aromatic carboxylic acids is 1. The number of benzene rings is 1. The zero-order valence-corrected chi connectivity index (χ0v) is 9.48. The monoisotopic (exact) mass is 230 g/mol. The molecule has 88 valence electrons. The summed E-state index contributed by atoms with van der Waals surface area (Å²) in [5.41, 5.74) is 1.77. The highest BCUT2D eigenvalue weighted by molar-refractivity contribution is 5.99. The van der Waals surface area contributed by atoms with Gasteiger partial charge in [0.15, 0.2) is 6.29 Å². The Bertz CT molecular complexity index is 473. The molecule has 3 heteroatoms. The van der Waals surface area contributed by atoms with Crippen LogP contribution >= 0.6 is 0 Å². The lowest BCUT2D eigenvalue weighted by Gasteiger charge is -2.11. The van der Waals surface area contributed by atoms with Gasteiger partial charge in [-0.25, -0.2) is 4.79 Å². The summed E-state index contributed by atoms with van der Waals surface area (Å²) < 4.78 is 0. The summed E-state index contributed by atoms with van der Waals surface area (Å²) in [4.78, 5) is 22.1. The summed E-state index contributed by atoms with van der Waals surface area (Å²) in [6.45, 7) is 7.24. The van der Waals surface area contributed by atoms with Gasteiger partial charge in [-0.1, -0.05) is 24.3 Å². The smallest absolute Gasteiger partial charge is 0.336 e. The van der Waals surface area contributed by atoms with Crippen molar-refractivity contribution in [2.45, 2.75) is 12.8 Å². The molecule has 3 nitrogen and oxygen atoms in total. The average Bonchev–Trinajstić information content (AvgIpc) is 2.31. The van der Waals surface area contributed by atoms with Gasteiger partial charge in [0.25, 0.3) is 0 Å². The van der Waals surface area contributed by atoms with Crippen LogP contribution in [0.2, 0.25) is 0 Å². The molecule has 0 aromatic heterocycles. The van der Waals surface area contributed by atoms with Crippen molar-refractivity contribution < 1.29 is 14.7 Å². The third-order valence-electron chi connectivity index (χ3n) is 2.50. The van der Waals surface area contributed by atoms with Crippen LogP contribution in [-0.2, 0) is 12.8 Å².